The molecule has 0 spiro atoms. The lowest BCUT2D eigenvalue weighted by atomic mass is 9.93. The Kier molecular flexibility index (Phi) is 3.69. The summed E-state index contributed by atoms with van der Waals surface area (Å²) in [7, 11) is 0. The van der Waals surface area contributed by atoms with Gasteiger partial charge < -0.3 is 5.32 Å². The molecule has 0 saturated carbocycles. The highest BCUT2D eigenvalue weighted by Gasteiger charge is 2.21. The maximum absolute atomic E-state index is 13.3. The minimum atomic E-state index is -1.57. The molecular weight excluding hydrogens is 243 g/mol. The fourth-order valence-corrected chi connectivity index (χ4v) is 1.89. The van der Waals surface area contributed by atoms with Gasteiger partial charge in [0.05, 0.1) is 5.69 Å². The van der Waals surface area contributed by atoms with Gasteiger partial charge >= 0.3 is 0 Å². The molecule has 0 radical (unpaired) electrons. The lowest BCUT2D eigenvalue weighted by Crippen LogP contribution is -2.24. The van der Waals surface area contributed by atoms with Gasteiger partial charge in [0.25, 0.3) is 0 Å². The molecule has 1 aliphatic rings. The zero-order valence-electron chi connectivity index (χ0n) is 9.55. The van der Waals surface area contributed by atoms with Crippen molar-refractivity contribution in [1.29, 1.82) is 0 Å². The summed E-state index contributed by atoms with van der Waals surface area (Å²) in [5.41, 5.74) is -0.326. The van der Waals surface area contributed by atoms with Gasteiger partial charge in [0.15, 0.2) is 17.5 Å². The summed E-state index contributed by atoms with van der Waals surface area (Å²) in [4.78, 5) is 11.8. The van der Waals surface area contributed by atoms with Crippen molar-refractivity contribution in [1.82, 2.24) is 0 Å². The monoisotopic (exact) mass is 255 g/mol. The van der Waals surface area contributed by atoms with Crippen LogP contribution >= 0.6 is 0 Å². The Morgan fingerprint density at radius 1 is 1.17 bits per heavy atom. The molecule has 5 heteroatoms. The number of carbonyl (C=O) groups is 1. The highest BCUT2D eigenvalue weighted by atomic mass is 19.2. The van der Waals surface area contributed by atoms with Gasteiger partial charge in [-0.25, -0.2) is 13.2 Å². The highest BCUT2D eigenvalue weighted by molar-refractivity contribution is 5.92. The number of hydrogen-bond acceptors (Lipinski definition) is 1. The van der Waals surface area contributed by atoms with Crippen LogP contribution in [0.5, 0.6) is 0 Å². The van der Waals surface area contributed by atoms with Crippen LogP contribution in [0.4, 0.5) is 18.9 Å². The number of rotatable bonds is 2. The van der Waals surface area contributed by atoms with E-state index in [1.54, 1.807) is 0 Å². The highest BCUT2D eigenvalue weighted by Crippen LogP contribution is 2.23. The molecule has 96 valence electrons. The van der Waals surface area contributed by atoms with Gasteiger partial charge in [-0.05, 0) is 31.4 Å². The molecule has 0 fully saturated rings. The van der Waals surface area contributed by atoms with Crippen LogP contribution in [0.3, 0.4) is 0 Å². The van der Waals surface area contributed by atoms with Gasteiger partial charge in [-0.15, -0.1) is 0 Å². The molecule has 0 saturated heterocycles. The zero-order valence-corrected chi connectivity index (χ0v) is 9.55. The fourth-order valence-electron chi connectivity index (χ4n) is 1.89. The van der Waals surface area contributed by atoms with E-state index in [0.29, 0.717) is 12.8 Å². The Hall–Kier alpha value is -1.78. The topological polar surface area (TPSA) is 29.1 Å². The Morgan fingerprint density at radius 2 is 1.94 bits per heavy atom. The molecular formula is C13H12F3NO. The number of amides is 1. The molecule has 0 unspecified atom stereocenters. The average Bonchev–Trinajstić information content (AvgIpc) is 2.40. The lowest BCUT2D eigenvalue weighted by Gasteiger charge is -2.17. The van der Waals surface area contributed by atoms with E-state index < -0.39 is 17.5 Å². The molecule has 2 nitrogen and oxygen atoms in total. The van der Waals surface area contributed by atoms with Crippen molar-refractivity contribution in [2.45, 2.75) is 19.3 Å². The minimum absolute atomic E-state index is 0.248. The second-order valence-corrected chi connectivity index (χ2v) is 4.19. The van der Waals surface area contributed by atoms with Crippen molar-refractivity contribution in [2.75, 3.05) is 5.32 Å². The van der Waals surface area contributed by atoms with E-state index in [9.17, 15) is 18.0 Å². The summed E-state index contributed by atoms with van der Waals surface area (Å²) in [6, 6.07) is 1.80. The zero-order chi connectivity index (χ0) is 13.1. The second-order valence-electron chi connectivity index (χ2n) is 4.19. The maximum Gasteiger partial charge on any atom is 0.227 e. The van der Waals surface area contributed by atoms with Crippen molar-refractivity contribution in [3.8, 4) is 0 Å². The van der Waals surface area contributed by atoms with Gasteiger partial charge in [0.1, 0.15) is 0 Å². The number of hydrogen-bond donors (Lipinski definition) is 1. The fraction of sp³-hybridized carbons (Fsp3) is 0.308. The van der Waals surface area contributed by atoms with E-state index in [2.05, 4.69) is 5.32 Å². The van der Waals surface area contributed by atoms with Crippen LogP contribution in [-0.4, -0.2) is 5.91 Å². The molecule has 1 atom stereocenters. The summed E-state index contributed by atoms with van der Waals surface area (Å²) in [6.45, 7) is 0. The van der Waals surface area contributed by atoms with E-state index in [1.807, 2.05) is 12.2 Å². The third-order valence-corrected chi connectivity index (χ3v) is 2.93. The Balaban J connectivity index is 2.12. The third-order valence-electron chi connectivity index (χ3n) is 2.93. The molecule has 1 aromatic carbocycles. The molecule has 1 aromatic rings. The minimum Gasteiger partial charge on any atom is -0.323 e. The van der Waals surface area contributed by atoms with Crippen LogP contribution in [-0.2, 0) is 4.79 Å². The summed E-state index contributed by atoms with van der Waals surface area (Å²) >= 11 is 0. The van der Waals surface area contributed by atoms with Gasteiger partial charge in [-0.3, -0.25) is 4.79 Å². The van der Waals surface area contributed by atoms with E-state index in [4.69, 9.17) is 0 Å². The number of benzene rings is 1. The van der Waals surface area contributed by atoms with E-state index in [-0.39, 0.29) is 17.5 Å². The number of allylic oxidation sites excluding steroid dienone is 2. The average molecular weight is 255 g/mol. The Morgan fingerprint density at radius 3 is 2.61 bits per heavy atom. The molecule has 2 rings (SSSR count). The van der Waals surface area contributed by atoms with Gasteiger partial charge in [0.2, 0.25) is 5.91 Å². The van der Waals surface area contributed by atoms with Crippen LogP contribution in [0.25, 0.3) is 0 Å². The first-order chi connectivity index (χ1) is 8.59. The van der Waals surface area contributed by atoms with Crippen LogP contribution < -0.4 is 5.32 Å². The quantitative estimate of drug-likeness (QED) is 0.637. The third kappa shape index (κ3) is 2.55. The van der Waals surface area contributed by atoms with E-state index in [0.717, 1.165) is 18.6 Å². The van der Waals surface area contributed by atoms with Crippen LogP contribution in [0.15, 0.2) is 24.3 Å². The summed E-state index contributed by atoms with van der Waals surface area (Å²) in [5.74, 6) is -4.83. The summed E-state index contributed by atoms with van der Waals surface area (Å²) in [6.07, 6.45) is 5.90. The van der Waals surface area contributed by atoms with Gasteiger partial charge in [0, 0.05) is 5.92 Å². The van der Waals surface area contributed by atoms with Crippen molar-refractivity contribution < 1.29 is 18.0 Å². The number of nitrogens with one attached hydrogen (secondary N) is 1. The number of carbonyl (C=O) groups excluding carboxylic acids is 1. The largest absolute Gasteiger partial charge is 0.323 e. The first-order valence-electron chi connectivity index (χ1n) is 5.69. The van der Waals surface area contributed by atoms with Crippen molar-refractivity contribution in [3.63, 3.8) is 0 Å². The molecule has 18 heavy (non-hydrogen) atoms. The van der Waals surface area contributed by atoms with Crippen LogP contribution in [0, 0.1) is 23.4 Å². The standard InChI is InChI=1S/C13H12F3NO/c14-9-6-7-10(12(16)11(9)15)17-13(18)8-4-2-1-3-5-8/h1-2,6-8H,3-5H2,(H,17,18)/t8-/m0/s1. The number of anilines is 1. The summed E-state index contributed by atoms with van der Waals surface area (Å²) in [5, 5.41) is 2.29. The molecule has 0 aliphatic heterocycles. The summed E-state index contributed by atoms with van der Waals surface area (Å²) < 4.78 is 39.0. The van der Waals surface area contributed by atoms with Crippen molar-refractivity contribution >= 4 is 11.6 Å². The SMILES string of the molecule is O=C(Nc1ccc(F)c(F)c1F)[C@H]1CC=CCC1. The molecule has 0 bridgehead atoms. The predicted octanol–water partition coefficient (Wildman–Crippen LogP) is 3.40. The molecule has 0 aromatic heterocycles. The molecule has 1 aliphatic carbocycles. The van der Waals surface area contributed by atoms with Crippen molar-refractivity contribution in [2.24, 2.45) is 5.92 Å². The molecule has 1 amide bonds. The molecule has 1 N–H and O–H groups in total. The van der Waals surface area contributed by atoms with E-state index in [1.165, 1.54) is 0 Å². The smallest absolute Gasteiger partial charge is 0.227 e. The van der Waals surface area contributed by atoms with Crippen LogP contribution in [0.1, 0.15) is 19.3 Å². The Bertz CT molecular complexity index is 499. The van der Waals surface area contributed by atoms with Crippen molar-refractivity contribution in [3.05, 3.63) is 41.7 Å². The van der Waals surface area contributed by atoms with Crippen LogP contribution in [0.2, 0.25) is 0 Å². The van der Waals surface area contributed by atoms with Gasteiger partial charge in [-0.1, -0.05) is 12.2 Å². The Labute approximate surface area is 102 Å². The van der Waals surface area contributed by atoms with Gasteiger partial charge in [-0.2, -0.15) is 0 Å². The first kappa shape index (κ1) is 12.7. The lowest BCUT2D eigenvalue weighted by molar-refractivity contribution is -0.120. The van der Waals surface area contributed by atoms with E-state index >= 15 is 0 Å². The number of halogens is 3. The first-order valence-corrected chi connectivity index (χ1v) is 5.69. The maximum atomic E-state index is 13.3. The predicted molar refractivity (Wildman–Crippen MR) is 61.4 cm³/mol. The second kappa shape index (κ2) is 5.25. The molecule has 0 heterocycles. The normalized spacial score (nSPS) is 18.7.